The van der Waals surface area contributed by atoms with Crippen molar-refractivity contribution >= 4 is 29.5 Å². The zero-order valence-corrected chi connectivity index (χ0v) is 28.3. The van der Waals surface area contributed by atoms with Crippen LogP contribution in [0.15, 0.2) is 30.3 Å². The van der Waals surface area contributed by atoms with Crippen LogP contribution in [0.5, 0.6) is 0 Å². The van der Waals surface area contributed by atoms with Crippen LogP contribution in [0.2, 0.25) is 0 Å². The lowest BCUT2D eigenvalue weighted by molar-refractivity contribution is -0.500. The molecule has 0 saturated heterocycles. The summed E-state index contributed by atoms with van der Waals surface area (Å²) in [5, 5.41) is 16.7. The van der Waals surface area contributed by atoms with E-state index in [1.165, 1.54) is 6.42 Å². The largest absolute Gasteiger partial charge is 0.715 e. The number of hydroxylamine groups is 1. The van der Waals surface area contributed by atoms with Crippen molar-refractivity contribution in [2.75, 3.05) is 6.61 Å². The molecule has 45 heavy (non-hydrogen) atoms. The molecule has 1 aliphatic rings. The van der Waals surface area contributed by atoms with Crippen LogP contribution >= 0.6 is 0 Å². The SMILES string of the molecule is CCC[C@@H](C(=O)NC(CCC1CCCCC1)=[N+]([O-])[C@H](C(=O)OCC)C(C)C)N(C(=O)CC(C)C)C(=O)[C@@H](N)Cc1ccccc1. The minimum Gasteiger partial charge on any atom is -0.715 e. The highest BCUT2D eigenvalue weighted by molar-refractivity contribution is 6.05. The second kappa shape index (κ2) is 19.3. The summed E-state index contributed by atoms with van der Waals surface area (Å²) in [6, 6.07) is 5.90. The van der Waals surface area contributed by atoms with Gasteiger partial charge in [-0.25, -0.2) is 14.9 Å². The van der Waals surface area contributed by atoms with Crippen molar-refractivity contribution in [1.29, 1.82) is 0 Å². The molecule has 0 radical (unpaired) electrons. The molecule has 0 aromatic heterocycles. The first-order valence-electron chi connectivity index (χ1n) is 16.9. The summed E-state index contributed by atoms with van der Waals surface area (Å²) < 4.78 is 5.80. The molecule has 10 heteroatoms. The lowest BCUT2D eigenvalue weighted by Gasteiger charge is -2.31. The third-order valence-electron chi connectivity index (χ3n) is 8.34. The predicted octanol–water partition coefficient (Wildman–Crippen LogP) is 5.10. The molecule has 0 aliphatic heterocycles. The van der Waals surface area contributed by atoms with Gasteiger partial charge in [-0.3, -0.25) is 19.2 Å². The van der Waals surface area contributed by atoms with Crippen molar-refractivity contribution in [2.45, 2.75) is 130 Å². The molecule has 3 amide bonds. The fourth-order valence-corrected chi connectivity index (χ4v) is 5.99. The van der Waals surface area contributed by atoms with E-state index in [-0.39, 0.29) is 44.0 Å². The second-order valence-corrected chi connectivity index (χ2v) is 13.0. The molecule has 1 fully saturated rings. The van der Waals surface area contributed by atoms with Gasteiger partial charge in [0.2, 0.25) is 11.8 Å². The molecular weight excluding hydrogens is 572 g/mol. The van der Waals surface area contributed by atoms with Gasteiger partial charge >= 0.3 is 11.9 Å². The van der Waals surface area contributed by atoms with E-state index in [0.29, 0.717) is 23.5 Å². The topological polar surface area (TPSA) is 145 Å². The molecule has 1 aromatic rings. The molecule has 1 saturated carbocycles. The Kier molecular flexibility index (Phi) is 16.3. The quantitative estimate of drug-likeness (QED) is 0.0647. The van der Waals surface area contributed by atoms with Crippen molar-refractivity contribution < 1.29 is 28.7 Å². The van der Waals surface area contributed by atoms with Crippen molar-refractivity contribution in [3.63, 3.8) is 0 Å². The summed E-state index contributed by atoms with van der Waals surface area (Å²) in [7, 11) is 0. The fourth-order valence-electron chi connectivity index (χ4n) is 5.99. The molecular formula is C35H56N4O6. The van der Waals surface area contributed by atoms with E-state index >= 15 is 0 Å². The monoisotopic (exact) mass is 628 g/mol. The van der Waals surface area contributed by atoms with Crippen LogP contribution in [0.4, 0.5) is 0 Å². The predicted molar refractivity (Wildman–Crippen MR) is 176 cm³/mol. The number of amides is 3. The Labute approximate surface area is 269 Å². The molecule has 0 unspecified atom stereocenters. The van der Waals surface area contributed by atoms with Crippen LogP contribution < -0.4 is 11.1 Å². The molecule has 0 bridgehead atoms. The Morgan fingerprint density at radius 1 is 1.04 bits per heavy atom. The molecule has 2 rings (SSSR count). The maximum absolute atomic E-state index is 14.1. The van der Waals surface area contributed by atoms with Crippen molar-refractivity contribution in [2.24, 2.45) is 23.5 Å². The summed E-state index contributed by atoms with van der Waals surface area (Å²) in [6.45, 7) is 10.9. The fraction of sp³-hybridized carbons (Fsp3) is 0.686. The summed E-state index contributed by atoms with van der Waals surface area (Å²) in [5.74, 6) is -2.41. The summed E-state index contributed by atoms with van der Waals surface area (Å²) >= 11 is 0. The van der Waals surface area contributed by atoms with E-state index in [4.69, 9.17) is 10.5 Å². The van der Waals surface area contributed by atoms with Crippen molar-refractivity contribution in [3.05, 3.63) is 41.1 Å². The van der Waals surface area contributed by atoms with Gasteiger partial charge in [0.05, 0.1) is 12.6 Å². The van der Waals surface area contributed by atoms with Gasteiger partial charge in [-0.1, -0.05) is 103 Å². The number of ether oxygens (including phenoxy) is 1. The van der Waals surface area contributed by atoms with Gasteiger partial charge in [-0.2, -0.15) is 0 Å². The van der Waals surface area contributed by atoms with Gasteiger partial charge in [0, 0.05) is 18.8 Å². The van der Waals surface area contributed by atoms with Gasteiger partial charge in [-0.05, 0) is 43.6 Å². The molecule has 0 spiro atoms. The second-order valence-electron chi connectivity index (χ2n) is 13.0. The summed E-state index contributed by atoms with van der Waals surface area (Å²) in [6.07, 6.45) is 7.43. The Morgan fingerprint density at radius 3 is 2.24 bits per heavy atom. The minimum atomic E-state index is -1.17. The third kappa shape index (κ3) is 11.9. The number of nitrogens with one attached hydrogen (secondary N) is 1. The van der Waals surface area contributed by atoms with Gasteiger partial charge < -0.3 is 15.7 Å². The highest BCUT2D eigenvalue weighted by Crippen LogP contribution is 2.27. The molecule has 252 valence electrons. The Bertz CT molecular complexity index is 1130. The van der Waals surface area contributed by atoms with E-state index in [2.05, 4.69) is 5.32 Å². The number of nitrogens with two attached hydrogens (primary N) is 1. The highest BCUT2D eigenvalue weighted by atomic mass is 16.5. The van der Waals surface area contributed by atoms with E-state index in [1.807, 2.05) is 51.1 Å². The molecule has 1 aliphatic carbocycles. The van der Waals surface area contributed by atoms with Crippen LogP contribution in [0.25, 0.3) is 0 Å². The van der Waals surface area contributed by atoms with Crippen LogP contribution in [0.1, 0.15) is 111 Å². The number of esters is 1. The van der Waals surface area contributed by atoms with E-state index in [1.54, 1.807) is 20.8 Å². The first-order valence-corrected chi connectivity index (χ1v) is 16.9. The number of hydrogen-bond donors (Lipinski definition) is 2. The van der Waals surface area contributed by atoms with E-state index < -0.39 is 47.7 Å². The zero-order chi connectivity index (χ0) is 33.5. The average Bonchev–Trinajstić information content (AvgIpc) is 2.99. The molecule has 10 nitrogen and oxygen atoms in total. The first-order chi connectivity index (χ1) is 21.4. The zero-order valence-electron chi connectivity index (χ0n) is 28.3. The van der Waals surface area contributed by atoms with Crippen molar-refractivity contribution in [1.82, 2.24) is 10.2 Å². The number of hydrogen-bond acceptors (Lipinski definition) is 7. The minimum absolute atomic E-state index is 0.0516. The van der Waals surface area contributed by atoms with Crippen LogP contribution in [-0.2, 0) is 30.3 Å². The Morgan fingerprint density at radius 2 is 1.69 bits per heavy atom. The molecule has 3 N–H and O–H groups in total. The number of carbonyl (C=O) groups is 4. The van der Waals surface area contributed by atoms with E-state index in [0.717, 1.165) is 36.1 Å². The number of carbonyl (C=O) groups excluding carboxylic acids is 4. The number of imide groups is 1. The van der Waals surface area contributed by atoms with Crippen molar-refractivity contribution in [3.8, 4) is 0 Å². The Balaban J connectivity index is 2.49. The number of nitrogens with zero attached hydrogens (tertiary/aromatic N) is 2. The standard InChI is InChI=1S/C35H56N4O6/c1-7-15-29(38(31(40)22-24(3)4)34(42)28(36)23-27-18-13-10-14-19-27)33(41)37-30(21-20-26-16-11-9-12-17-26)39(44)32(25(5)6)35(43)45-8-2/h10,13-14,18-19,24-26,28-29,32H,7-9,11-12,15-17,20-23,36H2,1-6H3,(H,37,41)/t28-,29-,32-/m0/s1. The molecule has 1 aromatic carbocycles. The summed E-state index contributed by atoms with van der Waals surface area (Å²) in [4.78, 5) is 55.5. The maximum atomic E-state index is 14.1. The highest BCUT2D eigenvalue weighted by Gasteiger charge is 2.40. The molecule has 0 heterocycles. The van der Waals surface area contributed by atoms with Gasteiger partial charge in [0.25, 0.3) is 5.84 Å². The normalized spacial score (nSPS) is 16.5. The lowest BCUT2D eigenvalue weighted by Crippen LogP contribution is -2.58. The number of rotatable bonds is 16. The van der Waals surface area contributed by atoms with Crippen LogP contribution in [0, 0.1) is 23.0 Å². The van der Waals surface area contributed by atoms with Crippen LogP contribution in [-0.4, -0.2) is 63.9 Å². The maximum Gasteiger partial charge on any atom is 0.352 e. The van der Waals surface area contributed by atoms with Gasteiger partial charge in [0.15, 0.2) is 6.04 Å². The number of amidine groups is 1. The first kappa shape index (κ1) is 37.9. The molecule has 3 atom stereocenters. The lowest BCUT2D eigenvalue weighted by atomic mass is 9.86. The van der Waals surface area contributed by atoms with E-state index in [9.17, 15) is 24.4 Å². The van der Waals surface area contributed by atoms with Crippen LogP contribution in [0.3, 0.4) is 0 Å². The van der Waals surface area contributed by atoms with Gasteiger partial charge in [0.1, 0.15) is 6.04 Å². The smallest absolute Gasteiger partial charge is 0.352 e. The Hall–Kier alpha value is -3.27. The number of benzene rings is 1. The summed E-state index contributed by atoms with van der Waals surface area (Å²) in [5.41, 5.74) is 7.22. The van der Waals surface area contributed by atoms with Gasteiger partial charge in [-0.15, -0.1) is 0 Å². The third-order valence-corrected chi connectivity index (χ3v) is 8.34. The average molecular weight is 629 g/mol.